The van der Waals surface area contributed by atoms with Crippen LogP contribution in [0.2, 0.25) is 5.15 Å². The molecule has 0 aliphatic carbocycles. The molecule has 0 radical (unpaired) electrons. The Morgan fingerprint density at radius 2 is 2.50 bits per heavy atom. The number of rotatable bonds is 2. The number of pyridine rings is 1. The Kier molecular flexibility index (Phi) is 3.34. The highest BCUT2D eigenvalue weighted by molar-refractivity contribution is 6.29. The highest BCUT2D eigenvalue weighted by Crippen LogP contribution is 2.08. The lowest BCUT2D eigenvalue weighted by molar-refractivity contribution is -0.527. The molecule has 0 saturated carbocycles. The fraction of sp³-hybridized carbons (Fsp3) is 0.300. The van der Waals surface area contributed by atoms with Gasteiger partial charge in [-0.2, -0.15) is 5.26 Å². The van der Waals surface area contributed by atoms with Crippen LogP contribution in [-0.4, -0.2) is 28.9 Å². The van der Waals surface area contributed by atoms with Gasteiger partial charge in [0.1, 0.15) is 11.7 Å². The van der Waals surface area contributed by atoms with Gasteiger partial charge in [-0.05, 0) is 11.6 Å². The number of aromatic nitrogens is 1. The molecule has 16 heavy (non-hydrogen) atoms. The normalized spacial score (nSPS) is 17.8. The van der Waals surface area contributed by atoms with Gasteiger partial charge in [0, 0.05) is 6.20 Å². The third kappa shape index (κ3) is 2.48. The van der Waals surface area contributed by atoms with Gasteiger partial charge in [0.25, 0.3) is 0 Å². The summed E-state index contributed by atoms with van der Waals surface area (Å²) in [7, 11) is 0. The maximum atomic E-state index is 8.53. The molecule has 0 unspecified atom stereocenters. The van der Waals surface area contributed by atoms with E-state index >= 15 is 0 Å². The number of guanidine groups is 1. The topological polar surface area (TPSA) is 68.9 Å². The van der Waals surface area contributed by atoms with E-state index in [0.29, 0.717) is 11.7 Å². The maximum absolute atomic E-state index is 8.53. The second-order valence-electron chi connectivity index (χ2n) is 3.47. The molecule has 0 atom stereocenters. The third-order valence-corrected chi connectivity index (χ3v) is 2.60. The highest BCUT2D eigenvalue weighted by Gasteiger charge is 2.22. The third-order valence-electron chi connectivity index (χ3n) is 2.38. The van der Waals surface area contributed by atoms with Gasteiger partial charge in [0.05, 0.1) is 13.1 Å². The SMILES string of the molecule is N#CN=C1[NH2+]CCN1Cc1ccc(Cl)nc1. The van der Waals surface area contributed by atoms with Crippen molar-refractivity contribution in [2.45, 2.75) is 6.54 Å². The number of hydrogen-bond acceptors (Lipinski definition) is 3. The van der Waals surface area contributed by atoms with Crippen molar-refractivity contribution >= 4 is 17.6 Å². The summed E-state index contributed by atoms with van der Waals surface area (Å²) >= 11 is 5.71. The van der Waals surface area contributed by atoms with E-state index in [0.717, 1.165) is 24.6 Å². The first-order chi connectivity index (χ1) is 7.79. The van der Waals surface area contributed by atoms with Crippen molar-refractivity contribution in [1.82, 2.24) is 9.88 Å². The summed E-state index contributed by atoms with van der Waals surface area (Å²) in [5.74, 6) is 0.748. The van der Waals surface area contributed by atoms with Crippen LogP contribution >= 0.6 is 11.6 Å². The molecule has 6 heteroatoms. The minimum absolute atomic E-state index is 0.489. The summed E-state index contributed by atoms with van der Waals surface area (Å²) < 4.78 is 0. The van der Waals surface area contributed by atoms with E-state index in [-0.39, 0.29) is 0 Å². The van der Waals surface area contributed by atoms with Gasteiger partial charge >= 0.3 is 5.96 Å². The Bertz CT molecular complexity index is 434. The van der Waals surface area contributed by atoms with Gasteiger partial charge in [-0.15, -0.1) is 4.99 Å². The van der Waals surface area contributed by atoms with E-state index in [1.807, 2.05) is 22.5 Å². The van der Waals surface area contributed by atoms with E-state index in [1.165, 1.54) is 0 Å². The van der Waals surface area contributed by atoms with Crippen molar-refractivity contribution in [2.24, 2.45) is 4.99 Å². The molecule has 2 heterocycles. The predicted molar refractivity (Wildman–Crippen MR) is 59.5 cm³/mol. The molecule has 1 saturated heterocycles. The number of aliphatic imine (C=N–C) groups is 1. The molecular weight excluding hydrogens is 226 g/mol. The first-order valence-corrected chi connectivity index (χ1v) is 5.33. The summed E-state index contributed by atoms with van der Waals surface area (Å²) in [4.78, 5) is 9.83. The average molecular weight is 237 g/mol. The zero-order valence-corrected chi connectivity index (χ0v) is 9.35. The average Bonchev–Trinajstić information content (AvgIpc) is 2.70. The zero-order valence-electron chi connectivity index (χ0n) is 8.60. The predicted octanol–water partition coefficient (Wildman–Crippen LogP) is -0.0489. The Morgan fingerprint density at radius 1 is 1.62 bits per heavy atom. The molecule has 2 N–H and O–H groups in total. The highest BCUT2D eigenvalue weighted by atomic mass is 35.5. The Hall–Kier alpha value is -1.64. The first kappa shape index (κ1) is 10.9. The molecule has 1 fully saturated rings. The number of nitriles is 1. The number of hydrogen-bond donors (Lipinski definition) is 1. The lowest BCUT2D eigenvalue weighted by atomic mass is 10.3. The van der Waals surface area contributed by atoms with Crippen molar-refractivity contribution in [3.63, 3.8) is 0 Å². The fourth-order valence-electron chi connectivity index (χ4n) is 1.64. The van der Waals surface area contributed by atoms with Crippen LogP contribution in [0.3, 0.4) is 0 Å². The van der Waals surface area contributed by atoms with Crippen LogP contribution in [0.15, 0.2) is 23.3 Å². The van der Waals surface area contributed by atoms with Crippen LogP contribution in [0.1, 0.15) is 5.56 Å². The Labute approximate surface area is 98.4 Å². The van der Waals surface area contributed by atoms with E-state index in [9.17, 15) is 0 Å². The van der Waals surface area contributed by atoms with Crippen LogP contribution in [0, 0.1) is 11.5 Å². The molecule has 2 rings (SSSR count). The molecule has 1 aliphatic rings. The van der Waals surface area contributed by atoms with Gasteiger partial charge in [0.2, 0.25) is 6.19 Å². The molecular formula is C10H11ClN5+. The number of nitrogens with zero attached hydrogens (tertiary/aromatic N) is 4. The summed E-state index contributed by atoms with van der Waals surface area (Å²) in [5, 5.41) is 11.0. The summed E-state index contributed by atoms with van der Waals surface area (Å²) in [6.07, 6.45) is 3.55. The second-order valence-corrected chi connectivity index (χ2v) is 3.86. The molecule has 1 aromatic heterocycles. The summed E-state index contributed by atoms with van der Waals surface area (Å²) in [6, 6.07) is 3.69. The van der Waals surface area contributed by atoms with Gasteiger partial charge < -0.3 is 4.90 Å². The molecule has 82 valence electrons. The van der Waals surface area contributed by atoms with E-state index in [1.54, 1.807) is 12.3 Å². The largest absolute Gasteiger partial charge is 0.312 e. The Balaban J connectivity index is 2.07. The lowest BCUT2D eigenvalue weighted by Gasteiger charge is -2.12. The van der Waals surface area contributed by atoms with Crippen LogP contribution in [0.5, 0.6) is 0 Å². The molecule has 1 aliphatic heterocycles. The molecule has 0 aromatic carbocycles. The quantitative estimate of drug-likeness (QED) is 0.578. The van der Waals surface area contributed by atoms with Crippen LogP contribution in [0.4, 0.5) is 0 Å². The fourth-order valence-corrected chi connectivity index (χ4v) is 1.75. The standard InChI is InChI=1S/C10H10ClN5/c11-9-2-1-8(5-14-9)6-16-4-3-13-10(16)15-7-12/h1-2,5H,3-4,6H2,(H,13,15)/p+1. The van der Waals surface area contributed by atoms with E-state index < -0.39 is 0 Å². The van der Waals surface area contributed by atoms with Crippen molar-refractivity contribution in [2.75, 3.05) is 13.1 Å². The van der Waals surface area contributed by atoms with Gasteiger partial charge in [0.15, 0.2) is 0 Å². The zero-order chi connectivity index (χ0) is 11.4. The molecule has 0 bridgehead atoms. The lowest BCUT2D eigenvalue weighted by Crippen LogP contribution is -2.86. The molecule has 5 nitrogen and oxygen atoms in total. The number of halogens is 1. The number of quaternary nitrogens is 1. The van der Waals surface area contributed by atoms with Crippen molar-refractivity contribution in [3.8, 4) is 6.19 Å². The minimum atomic E-state index is 0.489. The molecule has 1 aromatic rings. The van der Waals surface area contributed by atoms with Crippen molar-refractivity contribution in [3.05, 3.63) is 29.0 Å². The van der Waals surface area contributed by atoms with E-state index in [2.05, 4.69) is 9.98 Å². The second kappa shape index (κ2) is 4.92. The summed E-state index contributed by atoms with van der Waals surface area (Å²) in [5.41, 5.74) is 1.06. The number of nitrogens with two attached hydrogens (primary N) is 1. The Morgan fingerprint density at radius 3 is 3.19 bits per heavy atom. The van der Waals surface area contributed by atoms with Crippen LogP contribution < -0.4 is 5.32 Å². The van der Waals surface area contributed by atoms with Crippen molar-refractivity contribution < 1.29 is 5.32 Å². The monoisotopic (exact) mass is 236 g/mol. The van der Waals surface area contributed by atoms with Crippen LogP contribution in [0.25, 0.3) is 0 Å². The molecule has 0 amide bonds. The van der Waals surface area contributed by atoms with Gasteiger partial charge in [-0.25, -0.2) is 4.98 Å². The van der Waals surface area contributed by atoms with Crippen LogP contribution in [-0.2, 0) is 6.54 Å². The van der Waals surface area contributed by atoms with E-state index in [4.69, 9.17) is 16.9 Å². The van der Waals surface area contributed by atoms with Crippen molar-refractivity contribution in [1.29, 1.82) is 5.26 Å². The summed E-state index contributed by atoms with van der Waals surface area (Å²) in [6.45, 7) is 2.53. The van der Waals surface area contributed by atoms with Gasteiger partial charge in [-0.3, -0.25) is 5.32 Å². The minimum Gasteiger partial charge on any atom is -0.300 e. The maximum Gasteiger partial charge on any atom is 0.312 e. The van der Waals surface area contributed by atoms with Gasteiger partial charge in [-0.1, -0.05) is 17.7 Å². The first-order valence-electron chi connectivity index (χ1n) is 4.95. The molecule has 0 spiro atoms. The smallest absolute Gasteiger partial charge is 0.300 e.